The van der Waals surface area contributed by atoms with Gasteiger partial charge < -0.3 is 10.8 Å². The van der Waals surface area contributed by atoms with Crippen LogP contribution in [0.2, 0.25) is 0 Å². The second-order valence-corrected chi connectivity index (χ2v) is 4.24. The van der Waals surface area contributed by atoms with Crippen LogP contribution in [0.3, 0.4) is 0 Å². The number of hydrogen-bond donors (Lipinski definition) is 2. The Bertz CT molecular complexity index is 103. The average molecular weight is 233 g/mol. The van der Waals surface area contributed by atoms with Gasteiger partial charge in [0.1, 0.15) is 0 Å². The minimum atomic E-state index is -0.135. The Balaban J connectivity index is -0.000000237. The van der Waals surface area contributed by atoms with Crippen LogP contribution < -0.4 is 5.73 Å². The molecule has 2 nitrogen and oxygen atoms in total. The summed E-state index contributed by atoms with van der Waals surface area (Å²) in [7, 11) is 0. The molecule has 0 aliphatic carbocycles. The molecule has 3 N–H and O–H groups in total. The smallest absolute Gasteiger partial charge is 0.0514 e. The Hall–Kier alpha value is -0.0800. The fourth-order valence-corrected chi connectivity index (χ4v) is 1.17. The molecule has 3 atom stereocenters. The molecule has 0 spiro atoms. The molecule has 0 amide bonds. The summed E-state index contributed by atoms with van der Waals surface area (Å²) in [5.74, 6) is 1.40. The van der Waals surface area contributed by atoms with Crippen LogP contribution >= 0.6 is 0 Å². The molecule has 0 aromatic carbocycles. The third kappa shape index (κ3) is 19.5. The van der Waals surface area contributed by atoms with Gasteiger partial charge in [0.05, 0.1) is 6.10 Å². The summed E-state index contributed by atoms with van der Waals surface area (Å²) in [6.07, 6.45) is 3.12. The van der Waals surface area contributed by atoms with Gasteiger partial charge in [0.2, 0.25) is 0 Å². The van der Waals surface area contributed by atoms with E-state index in [9.17, 15) is 0 Å². The van der Waals surface area contributed by atoms with Gasteiger partial charge in [0.15, 0.2) is 0 Å². The molecule has 0 saturated carbocycles. The number of hydrogen-bond acceptors (Lipinski definition) is 2. The maximum atomic E-state index is 9.07. The number of rotatable bonds is 5. The molecule has 0 aromatic heterocycles. The molecule has 0 rings (SSSR count). The van der Waals surface area contributed by atoms with Gasteiger partial charge >= 0.3 is 0 Å². The number of nitrogens with two attached hydrogens (primary N) is 1. The van der Waals surface area contributed by atoms with Gasteiger partial charge in [-0.2, -0.15) is 0 Å². The topological polar surface area (TPSA) is 46.2 Å². The second kappa shape index (κ2) is 17.3. The van der Waals surface area contributed by atoms with Crippen molar-refractivity contribution in [3.8, 4) is 0 Å². The Labute approximate surface area is 104 Å². The molecule has 3 unspecified atom stereocenters. The summed E-state index contributed by atoms with van der Waals surface area (Å²) in [4.78, 5) is 0. The minimum absolute atomic E-state index is 0.135. The first-order valence-electron chi connectivity index (χ1n) is 6.87. The third-order valence-electron chi connectivity index (χ3n) is 2.62. The quantitative estimate of drug-likeness (QED) is 0.758. The fraction of sp³-hybridized carbons (Fsp3) is 1.00. The van der Waals surface area contributed by atoms with E-state index in [0.717, 1.165) is 25.3 Å². The maximum Gasteiger partial charge on any atom is 0.0514 e. The zero-order chi connectivity index (χ0) is 13.6. The Morgan fingerprint density at radius 2 is 1.38 bits per heavy atom. The Kier molecular flexibility index (Phi) is 23.0. The van der Waals surface area contributed by atoms with Gasteiger partial charge in [-0.15, -0.1) is 0 Å². The summed E-state index contributed by atoms with van der Waals surface area (Å²) in [5.41, 5.74) is 5.03. The summed E-state index contributed by atoms with van der Waals surface area (Å²) in [5, 5.41) is 9.07. The Morgan fingerprint density at radius 3 is 1.56 bits per heavy atom. The highest BCUT2D eigenvalue weighted by molar-refractivity contribution is 4.62. The summed E-state index contributed by atoms with van der Waals surface area (Å²) in [6, 6.07) is 0. The van der Waals surface area contributed by atoms with Crippen LogP contribution in [0.25, 0.3) is 0 Å². The van der Waals surface area contributed by atoms with E-state index >= 15 is 0 Å². The first-order chi connectivity index (χ1) is 7.49. The molecule has 0 aromatic rings. The van der Waals surface area contributed by atoms with Gasteiger partial charge in [-0.25, -0.2) is 0 Å². The van der Waals surface area contributed by atoms with Crippen LogP contribution in [0, 0.1) is 11.8 Å². The van der Waals surface area contributed by atoms with Crippen LogP contribution in [0.4, 0.5) is 0 Å². The highest BCUT2D eigenvalue weighted by Gasteiger charge is 2.11. The molecular weight excluding hydrogens is 198 g/mol. The van der Waals surface area contributed by atoms with E-state index in [1.807, 2.05) is 20.8 Å². The van der Waals surface area contributed by atoms with Gasteiger partial charge in [0.25, 0.3) is 0 Å². The van der Waals surface area contributed by atoms with E-state index in [4.69, 9.17) is 10.8 Å². The van der Waals surface area contributed by atoms with Crippen molar-refractivity contribution in [2.45, 2.75) is 73.8 Å². The molecule has 0 heterocycles. The van der Waals surface area contributed by atoms with E-state index in [2.05, 4.69) is 27.7 Å². The highest BCUT2D eigenvalue weighted by Crippen LogP contribution is 2.19. The van der Waals surface area contributed by atoms with Crippen LogP contribution in [-0.2, 0) is 0 Å². The van der Waals surface area contributed by atoms with Crippen LogP contribution in [0.5, 0.6) is 0 Å². The predicted molar refractivity (Wildman–Crippen MR) is 75.6 cm³/mol. The molecule has 102 valence electrons. The van der Waals surface area contributed by atoms with Crippen molar-refractivity contribution in [2.75, 3.05) is 6.54 Å². The minimum Gasteiger partial charge on any atom is -0.393 e. The zero-order valence-corrected chi connectivity index (χ0v) is 12.6. The van der Waals surface area contributed by atoms with Crippen LogP contribution in [-0.4, -0.2) is 17.8 Å². The molecule has 2 heteroatoms. The standard InChI is InChI=1S/C9H20O.C3H9N.C2H6/c1-5-7(2)8(3)6-9(4)10;1-2-3-4;1-2/h7-10H,5-6H2,1-4H3;2-4H2,1H3;1-2H3. The average Bonchev–Trinajstić information content (AvgIpc) is 2.30. The van der Waals surface area contributed by atoms with Gasteiger partial charge in [-0.05, 0) is 38.1 Å². The van der Waals surface area contributed by atoms with E-state index in [0.29, 0.717) is 5.92 Å². The lowest BCUT2D eigenvalue weighted by molar-refractivity contribution is 0.147. The lowest BCUT2D eigenvalue weighted by atomic mass is 9.89. The molecule has 0 fully saturated rings. The van der Waals surface area contributed by atoms with E-state index < -0.39 is 0 Å². The molecule has 0 aliphatic heterocycles. The molecule has 16 heavy (non-hydrogen) atoms. The predicted octanol–water partition coefficient (Wildman–Crippen LogP) is 3.82. The van der Waals surface area contributed by atoms with Gasteiger partial charge in [0, 0.05) is 0 Å². The number of aliphatic hydroxyl groups is 1. The lowest BCUT2D eigenvalue weighted by Gasteiger charge is -2.19. The van der Waals surface area contributed by atoms with Crippen molar-refractivity contribution in [3.63, 3.8) is 0 Å². The monoisotopic (exact) mass is 233 g/mol. The highest BCUT2D eigenvalue weighted by atomic mass is 16.3. The molecule has 0 aliphatic rings. The normalized spacial score (nSPS) is 14.8. The van der Waals surface area contributed by atoms with E-state index in [1.165, 1.54) is 6.42 Å². The van der Waals surface area contributed by atoms with Crippen LogP contribution in [0.1, 0.15) is 67.7 Å². The summed E-state index contributed by atoms with van der Waals surface area (Å²) in [6.45, 7) is 15.4. The molecule has 0 radical (unpaired) electrons. The maximum absolute atomic E-state index is 9.07. The Morgan fingerprint density at radius 1 is 1.00 bits per heavy atom. The first kappa shape index (κ1) is 21.2. The van der Waals surface area contributed by atoms with Crippen molar-refractivity contribution in [1.82, 2.24) is 0 Å². The molecule has 0 saturated heterocycles. The van der Waals surface area contributed by atoms with Crippen molar-refractivity contribution >= 4 is 0 Å². The SMILES string of the molecule is CC.CCC(C)C(C)CC(C)O.CCCN. The summed E-state index contributed by atoms with van der Waals surface area (Å²) >= 11 is 0. The summed E-state index contributed by atoms with van der Waals surface area (Å²) < 4.78 is 0. The van der Waals surface area contributed by atoms with Gasteiger partial charge in [-0.3, -0.25) is 0 Å². The van der Waals surface area contributed by atoms with Crippen molar-refractivity contribution in [1.29, 1.82) is 0 Å². The van der Waals surface area contributed by atoms with Crippen molar-refractivity contribution in [2.24, 2.45) is 17.6 Å². The van der Waals surface area contributed by atoms with Crippen molar-refractivity contribution < 1.29 is 5.11 Å². The first-order valence-corrected chi connectivity index (χ1v) is 6.87. The molecule has 0 bridgehead atoms. The lowest BCUT2D eigenvalue weighted by Crippen LogP contribution is -2.13. The van der Waals surface area contributed by atoms with E-state index in [-0.39, 0.29) is 6.10 Å². The van der Waals surface area contributed by atoms with Crippen LogP contribution in [0.15, 0.2) is 0 Å². The van der Waals surface area contributed by atoms with Crippen molar-refractivity contribution in [3.05, 3.63) is 0 Å². The van der Waals surface area contributed by atoms with Gasteiger partial charge in [-0.1, -0.05) is 48.0 Å². The number of aliphatic hydroxyl groups excluding tert-OH is 1. The fourth-order valence-electron chi connectivity index (χ4n) is 1.17. The van der Waals surface area contributed by atoms with E-state index in [1.54, 1.807) is 0 Å². The molecular formula is C14H35NO. The largest absolute Gasteiger partial charge is 0.393 e. The second-order valence-electron chi connectivity index (χ2n) is 4.24. The third-order valence-corrected chi connectivity index (χ3v) is 2.62. The zero-order valence-electron chi connectivity index (χ0n) is 12.6.